The number of pyridine rings is 1. The number of aromatic amines is 1. The molecule has 11 heteroatoms. The Morgan fingerprint density at radius 3 is 2.79 bits per heavy atom. The summed E-state index contributed by atoms with van der Waals surface area (Å²) in [6, 6.07) is 10.8. The summed E-state index contributed by atoms with van der Waals surface area (Å²) in [7, 11) is -3.72. The van der Waals surface area contributed by atoms with Crippen molar-refractivity contribution in [1.29, 1.82) is 0 Å². The number of ether oxygens (including phenoxy) is 1. The Labute approximate surface area is 223 Å². The molecule has 0 unspecified atom stereocenters. The quantitative estimate of drug-likeness (QED) is 0.288. The molecule has 0 aliphatic carbocycles. The lowest BCUT2D eigenvalue weighted by atomic mass is 10.1. The van der Waals surface area contributed by atoms with Crippen molar-refractivity contribution in [2.24, 2.45) is 0 Å². The number of hydrogen-bond acceptors (Lipinski definition) is 9. The van der Waals surface area contributed by atoms with Crippen LogP contribution >= 0.6 is 11.3 Å². The third-order valence-electron chi connectivity index (χ3n) is 6.53. The van der Waals surface area contributed by atoms with E-state index in [-0.39, 0.29) is 4.90 Å². The number of thiophene rings is 1. The van der Waals surface area contributed by atoms with E-state index in [1.54, 1.807) is 29.7 Å². The maximum Gasteiger partial charge on any atom is 0.185 e. The first-order chi connectivity index (χ1) is 18.3. The van der Waals surface area contributed by atoms with Crippen molar-refractivity contribution < 1.29 is 18.3 Å². The predicted octanol–water partition coefficient (Wildman–Crippen LogP) is 4.89. The Morgan fingerprint density at radius 2 is 2.00 bits per heavy atom. The second kappa shape index (κ2) is 9.50. The van der Waals surface area contributed by atoms with E-state index in [1.807, 2.05) is 31.3 Å². The van der Waals surface area contributed by atoms with Crippen molar-refractivity contribution in [2.45, 2.75) is 11.8 Å². The molecule has 1 aliphatic rings. The largest absolute Gasteiger partial charge is 0.512 e. The minimum Gasteiger partial charge on any atom is -0.512 e. The minimum atomic E-state index is -3.72. The van der Waals surface area contributed by atoms with E-state index >= 15 is 0 Å². The predicted molar refractivity (Wildman–Crippen MR) is 150 cm³/mol. The van der Waals surface area contributed by atoms with Crippen LogP contribution in [0.5, 0.6) is 0 Å². The number of fused-ring (bicyclic) bond motifs is 2. The fraction of sp³-hybridized carbons (Fsp3) is 0.222. The third kappa shape index (κ3) is 4.42. The number of benzene rings is 1. The zero-order valence-electron chi connectivity index (χ0n) is 20.6. The van der Waals surface area contributed by atoms with E-state index in [1.165, 1.54) is 6.07 Å². The van der Waals surface area contributed by atoms with Gasteiger partial charge >= 0.3 is 0 Å². The summed E-state index contributed by atoms with van der Waals surface area (Å²) < 4.78 is 32.0. The number of aryl methyl sites for hydroxylation is 1. The normalized spacial score (nSPS) is 14.4. The van der Waals surface area contributed by atoms with E-state index in [0.717, 1.165) is 48.6 Å². The summed E-state index contributed by atoms with van der Waals surface area (Å²) in [6.45, 7) is 7.99. The van der Waals surface area contributed by atoms with E-state index in [9.17, 15) is 13.5 Å². The van der Waals surface area contributed by atoms with Crippen molar-refractivity contribution in [2.75, 3.05) is 37.0 Å². The van der Waals surface area contributed by atoms with Crippen LogP contribution in [0.25, 0.3) is 43.1 Å². The summed E-state index contributed by atoms with van der Waals surface area (Å²) in [5.41, 5.74) is 4.15. The molecule has 0 spiro atoms. The molecular formula is C27H25N5O4S2. The van der Waals surface area contributed by atoms with Crippen LogP contribution in [0.15, 0.2) is 66.0 Å². The van der Waals surface area contributed by atoms with Crippen LogP contribution in [0.2, 0.25) is 0 Å². The first-order valence-electron chi connectivity index (χ1n) is 12.1. The highest BCUT2D eigenvalue weighted by molar-refractivity contribution is 7.91. The summed E-state index contributed by atoms with van der Waals surface area (Å²) in [6.07, 6.45) is 3.62. The summed E-state index contributed by atoms with van der Waals surface area (Å²) in [4.78, 5) is 20.9. The van der Waals surface area contributed by atoms with Gasteiger partial charge < -0.3 is 19.7 Å². The molecule has 2 N–H and O–H groups in total. The number of rotatable bonds is 6. The summed E-state index contributed by atoms with van der Waals surface area (Å²) in [5.74, 6) is 0.512. The highest BCUT2D eigenvalue weighted by Gasteiger charge is 2.24. The Balaban J connectivity index is 1.52. The molecule has 194 valence electrons. The molecular weight excluding hydrogens is 522 g/mol. The molecule has 0 saturated carbocycles. The number of aromatic nitrogens is 4. The van der Waals surface area contributed by atoms with Crippen molar-refractivity contribution in [3.63, 3.8) is 0 Å². The van der Waals surface area contributed by atoms with Gasteiger partial charge in [0.25, 0.3) is 0 Å². The van der Waals surface area contributed by atoms with Crippen molar-refractivity contribution in [3.8, 4) is 21.8 Å². The molecule has 0 bridgehead atoms. The van der Waals surface area contributed by atoms with Crippen LogP contribution in [0.1, 0.15) is 5.56 Å². The van der Waals surface area contributed by atoms with Crippen LogP contribution in [-0.2, 0) is 14.6 Å². The van der Waals surface area contributed by atoms with Gasteiger partial charge in [-0.05, 0) is 42.3 Å². The van der Waals surface area contributed by atoms with E-state index in [0.29, 0.717) is 32.1 Å². The highest BCUT2D eigenvalue weighted by Crippen LogP contribution is 2.42. The fourth-order valence-electron chi connectivity index (χ4n) is 4.66. The van der Waals surface area contributed by atoms with Crippen LogP contribution in [-0.4, -0.2) is 65.5 Å². The first kappa shape index (κ1) is 24.5. The van der Waals surface area contributed by atoms with Gasteiger partial charge in [-0.15, -0.1) is 11.3 Å². The lowest BCUT2D eigenvalue weighted by Gasteiger charge is -2.28. The standard InChI is InChI=1S/C27H25N5O4S2/c1-16(33)15-38(34,35)21-5-3-4-18(13-21)23-17(2)22-24(37-23)27(32-8-10-36-11-9-32)31-26(30-22)20-12-19-6-7-28-25(19)29-14-20/h3-7,12-14,33H,1,8-11,15H2,2H3,(H,28,29). The number of morpholine rings is 1. The topological polar surface area (TPSA) is 121 Å². The monoisotopic (exact) mass is 547 g/mol. The number of aliphatic hydroxyl groups is 1. The number of nitrogens with zero attached hydrogens (tertiary/aromatic N) is 4. The zero-order valence-corrected chi connectivity index (χ0v) is 22.3. The molecule has 38 heavy (non-hydrogen) atoms. The molecule has 1 saturated heterocycles. The van der Waals surface area contributed by atoms with Crippen LogP contribution in [0.3, 0.4) is 0 Å². The Kier molecular flexibility index (Phi) is 6.13. The van der Waals surface area contributed by atoms with Gasteiger partial charge in [0.15, 0.2) is 21.5 Å². The van der Waals surface area contributed by atoms with Gasteiger partial charge in [0.05, 0.1) is 28.3 Å². The van der Waals surface area contributed by atoms with Gasteiger partial charge in [-0.2, -0.15) is 0 Å². The van der Waals surface area contributed by atoms with Crippen LogP contribution in [0, 0.1) is 6.92 Å². The van der Waals surface area contributed by atoms with Gasteiger partial charge in [-0.3, -0.25) is 0 Å². The molecule has 0 atom stereocenters. The van der Waals surface area contributed by atoms with Gasteiger partial charge in [0.1, 0.15) is 17.2 Å². The average molecular weight is 548 g/mol. The molecule has 1 aliphatic heterocycles. The summed E-state index contributed by atoms with van der Waals surface area (Å²) in [5, 5.41) is 10.5. The molecule has 4 aromatic heterocycles. The molecule has 6 rings (SSSR count). The molecule has 1 aromatic carbocycles. The molecule has 5 heterocycles. The number of sulfone groups is 1. The molecule has 0 radical (unpaired) electrons. The van der Waals surface area contributed by atoms with E-state index in [4.69, 9.17) is 14.7 Å². The van der Waals surface area contributed by atoms with E-state index < -0.39 is 21.3 Å². The minimum absolute atomic E-state index is 0.133. The van der Waals surface area contributed by atoms with Crippen molar-refractivity contribution in [1.82, 2.24) is 19.9 Å². The smallest absolute Gasteiger partial charge is 0.185 e. The number of nitrogens with one attached hydrogen (secondary N) is 1. The Bertz CT molecular complexity index is 1800. The molecule has 0 amide bonds. The Morgan fingerprint density at radius 1 is 1.18 bits per heavy atom. The summed E-state index contributed by atoms with van der Waals surface area (Å²) >= 11 is 1.55. The second-order valence-corrected chi connectivity index (χ2v) is 12.2. The molecule has 1 fully saturated rings. The second-order valence-electron chi connectivity index (χ2n) is 9.20. The number of hydrogen-bond donors (Lipinski definition) is 2. The third-order valence-corrected chi connectivity index (χ3v) is 9.54. The highest BCUT2D eigenvalue weighted by atomic mass is 32.2. The van der Waals surface area contributed by atoms with Crippen LogP contribution < -0.4 is 4.90 Å². The maximum atomic E-state index is 12.8. The SMILES string of the molecule is C=C(O)CS(=O)(=O)c1cccc(-c2sc3c(N4CCOCC4)nc(-c4cnc5[nH]ccc5c4)nc3c2C)c1. The van der Waals surface area contributed by atoms with Crippen LogP contribution in [0.4, 0.5) is 5.82 Å². The van der Waals surface area contributed by atoms with Crippen molar-refractivity contribution in [3.05, 3.63) is 66.7 Å². The maximum absolute atomic E-state index is 12.8. The fourth-order valence-corrected chi connectivity index (χ4v) is 7.12. The van der Waals surface area contributed by atoms with Gasteiger partial charge in [-0.1, -0.05) is 18.7 Å². The zero-order chi connectivity index (χ0) is 26.4. The lowest BCUT2D eigenvalue weighted by molar-refractivity contribution is 0.122. The van der Waals surface area contributed by atoms with E-state index in [2.05, 4.69) is 21.4 Å². The van der Waals surface area contributed by atoms with Gasteiger partial charge in [0, 0.05) is 41.3 Å². The number of anilines is 1. The lowest BCUT2D eigenvalue weighted by Crippen LogP contribution is -2.36. The van der Waals surface area contributed by atoms with Gasteiger partial charge in [-0.25, -0.2) is 23.4 Å². The Hall–Kier alpha value is -3.80. The molecule has 9 nitrogen and oxygen atoms in total. The van der Waals surface area contributed by atoms with Crippen molar-refractivity contribution >= 4 is 48.2 Å². The first-order valence-corrected chi connectivity index (χ1v) is 14.5. The average Bonchev–Trinajstić information content (AvgIpc) is 3.52. The number of aliphatic hydroxyl groups excluding tert-OH is 1. The van der Waals surface area contributed by atoms with Gasteiger partial charge in [0.2, 0.25) is 0 Å². The molecule has 5 aromatic rings. The number of H-pyrrole nitrogens is 1.